The Bertz CT molecular complexity index is 299. The van der Waals surface area contributed by atoms with E-state index in [9.17, 15) is 10.1 Å². The summed E-state index contributed by atoms with van der Waals surface area (Å²) < 4.78 is 6.52. The molecule has 7 nitrogen and oxygen atoms in total. The van der Waals surface area contributed by atoms with Gasteiger partial charge in [-0.15, -0.1) is 0 Å². The second-order valence-electron chi connectivity index (χ2n) is 2.58. The van der Waals surface area contributed by atoms with E-state index < -0.39 is 4.92 Å². The molecule has 0 amide bonds. The van der Waals surface area contributed by atoms with Crippen molar-refractivity contribution < 1.29 is 9.66 Å². The third-order valence-electron chi connectivity index (χ3n) is 1.60. The van der Waals surface area contributed by atoms with Gasteiger partial charge in [0.2, 0.25) is 0 Å². The van der Waals surface area contributed by atoms with Gasteiger partial charge in [0.25, 0.3) is 0 Å². The van der Waals surface area contributed by atoms with E-state index in [-0.39, 0.29) is 5.95 Å². The predicted molar refractivity (Wildman–Crippen MR) is 48.8 cm³/mol. The third-order valence-corrected chi connectivity index (χ3v) is 1.60. The topological polar surface area (TPSA) is 96.2 Å². The quantitative estimate of drug-likeness (QED) is 0.388. The first-order chi connectivity index (χ1) is 6.75. The first-order valence-electron chi connectivity index (χ1n) is 4.19. The van der Waals surface area contributed by atoms with Gasteiger partial charge in [0.15, 0.2) is 0 Å². The zero-order chi connectivity index (χ0) is 10.4. The fraction of sp³-hybridized carbons (Fsp3) is 0.571. The van der Waals surface area contributed by atoms with Crippen LogP contribution in [0.5, 0.6) is 0 Å². The summed E-state index contributed by atoms with van der Waals surface area (Å²) in [7, 11) is 0. The van der Waals surface area contributed by atoms with Crippen molar-refractivity contribution in [2.45, 2.75) is 6.54 Å². The molecule has 1 aromatic rings. The zero-order valence-corrected chi connectivity index (χ0v) is 7.63. The van der Waals surface area contributed by atoms with Crippen molar-refractivity contribution in [3.63, 3.8) is 0 Å². The summed E-state index contributed by atoms with van der Waals surface area (Å²) in [5.41, 5.74) is 5.21. The van der Waals surface area contributed by atoms with Crippen LogP contribution in [0.3, 0.4) is 0 Å². The number of nitrogens with two attached hydrogens (primary N) is 1. The van der Waals surface area contributed by atoms with E-state index in [1.165, 1.54) is 10.8 Å². The molecule has 0 aliphatic carbocycles. The molecule has 2 N–H and O–H groups in total. The normalized spacial score (nSPS) is 10.4. The summed E-state index contributed by atoms with van der Waals surface area (Å²) >= 11 is 0. The SMILES string of the molecule is NCCOCCn1ccnc1[N+](=O)[O-]. The van der Waals surface area contributed by atoms with E-state index in [1.807, 2.05) is 0 Å². The number of nitro groups is 1. The second kappa shape index (κ2) is 5.30. The summed E-state index contributed by atoms with van der Waals surface area (Å²) in [6, 6.07) is 0. The van der Waals surface area contributed by atoms with Crippen LogP contribution in [0.15, 0.2) is 12.4 Å². The van der Waals surface area contributed by atoms with Gasteiger partial charge in [0.05, 0.1) is 19.8 Å². The molecule has 0 atom stereocenters. The van der Waals surface area contributed by atoms with Gasteiger partial charge < -0.3 is 20.6 Å². The number of aromatic nitrogens is 2. The Kier molecular flexibility index (Phi) is 4.02. The van der Waals surface area contributed by atoms with Crippen LogP contribution < -0.4 is 5.73 Å². The smallest absolute Gasteiger partial charge is 0.390 e. The van der Waals surface area contributed by atoms with Crippen molar-refractivity contribution in [1.82, 2.24) is 9.55 Å². The Balaban J connectivity index is 2.42. The van der Waals surface area contributed by atoms with Crippen LogP contribution >= 0.6 is 0 Å². The van der Waals surface area contributed by atoms with Gasteiger partial charge in [0, 0.05) is 6.54 Å². The molecule has 0 bridgehead atoms. The maximum atomic E-state index is 10.4. The van der Waals surface area contributed by atoms with Crippen molar-refractivity contribution in [3.05, 3.63) is 22.5 Å². The molecule has 0 unspecified atom stereocenters. The van der Waals surface area contributed by atoms with E-state index in [2.05, 4.69) is 4.98 Å². The number of hydrogen-bond acceptors (Lipinski definition) is 5. The minimum atomic E-state index is -0.525. The van der Waals surface area contributed by atoms with Gasteiger partial charge >= 0.3 is 5.95 Å². The highest BCUT2D eigenvalue weighted by Gasteiger charge is 2.12. The van der Waals surface area contributed by atoms with Gasteiger partial charge in [-0.1, -0.05) is 4.98 Å². The Morgan fingerprint density at radius 1 is 1.64 bits per heavy atom. The Labute approximate surface area is 80.6 Å². The molecule has 1 aromatic heterocycles. The highest BCUT2D eigenvalue weighted by atomic mass is 16.6. The van der Waals surface area contributed by atoms with E-state index in [0.717, 1.165) is 0 Å². The predicted octanol–water partition coefficient (Wildman–Crippen LogP) is -0.233. The summed E-state index contributed by atoms with van der Waals surface area (Å²) in [4.78, 5) is 13.5. The minimum Gasteiger partial charge on any atom is -0.390 e. The molecule has 0 saturated carbocycles. The fourth-order valence-corrected chi connectivity index (χ4v) is 0.996. The third kappa shape index (κ3) is 2.79. The lowest BCUT2D eigenvalue weighted by atomic mass is 10.6. The molecule has 0 radical (unpaired) electrons. The van der Waals surface area contributed by atoms with Crippen LogP contribution in [0.2, 0.25) is 0 Å². The summed E-state index contributed by atoms with van der Waals surface area (Å²) in [6.07, 6.45) is 2.94. The largest absolute Gasteiger partial charge is 0.434 e. The van der Waals surface area contributed by atoms with Crippen LogP contribution in [-0.2, 0) is 11.3 Å². The summed E-state index contributed by atoms with van der Waals surface area (Å²) in [5, 5.41) is 10.4. The van der Waals surface area contributed by atoms with Crippen molar-refractivity contribution in [2.75, 3.05) is 19.8 Å². The summed E-state index contributed by atoms with van der Waals surface area (Å²) in [6.45, 7) is 1.72. The first kappa shape index (κ1) is 10.6. The number of nitrogens with zero attached hydrogens (tertiary/aromatic N) is 3. The highest BCUT2D eigenvalue weighted by molar-refractivity contribution is 5.06. The van der Waals surface area contributed by atoms with Gasteiger partial charge in [0.1, 0.15) is 12.4 Å². The molecule has 0 spiro atoms. The van der Waals surface area contributed by atoms with Gasteiger partial charge in [-0.25, -0.2) is 4.57 Å². The molecule has 14 heavy (non-hydrogen) atoms. The molecule has 0 aliphatic rings. The molecule has 0 aliphatic heterocycles. The molecule has 0 aromatic carbocycles. The second-order valence-corrected chi connectivity index (χ2v) is 2.58. The highest BCUT2D eigenvalue weighted by Crippen LogP contribution is 2.06. The lowest BCUT2D eigenvalue weighted by Crippen LogP contribution is -2.13. The Hall–Kier alpha value is -1.47. The molecular weight excluding hydrogens is 188 g/mol. The molecule has 1 rings (SSSR count). The lowest BCUT2D eigenvalue weighted by Gasteiger charge is -2.02. The van der Waals surface area contributed by atoms with Crippen LogP contribution in [-0.4, -0.2) is 34.2 Å². The number of ether oxygens (including phenoxy) is 1. The van der Waals surface area contributed by atoms with Crippen LogP contribution in [0.4, 0.5) is 5.95 Å². The van der Waals surface area contributed by atoms with Crippen molar-refractivity contribution in [2.24, 2.45) is 5.73 Å². The van der Waals surface area contributed by atoms with Crippen molar-refractivity contribution in [1.29, 1.82) is 0 Å². The average Bonchev–Trinajstić information content (AvgIpc) is 2.60. The molecular formula is C7H12N4O3. The van der Waals surface area contributed by atoms with E-state index in [0.29, 0.717) is 26.3 Å². The van der Waals surface area contributed by atoms with E-state index >= 15 is 0 Å². The van der Waals surface area contributed by atoms with Gasteiger partial charge in [-0.2, -0.15) is 0 Å². The minimum absolute atomic E-state index is 0.165. The Morgan fingerprint density at radius 3 is 3.07 bits per heavy atom. The molecule has 78 valence electrons. The standard InChI is InChI=1S/C7H12N4O3/c8-1-5-14-6-4-10-3-2-9-7(10)11(12)13/h2-3H,1,4-6,8H2. The lowest BCUT2D eigenvalue weighted by molar-refractivity contribution is -0.396. The monoisotopic (exact) mass is 200 g/mol. The van der Waals surface area contributed by atoms with Crippen LogP contribution in [0, 0.1) is 10.1 Å². The number of hydrogen-bond donors (Lipinski definition) is 1. The van der Waals surface area contributed by atoms with Crippen LogP contribution in [0.1, 0.15) is 0 Å². The van der Waals surface area contributed by atoms with E-state index in [4.69, 9.17) is 10.5 Å². The Morgan fingerprint density at radius 2 is 2.43 bits per heavy atom. The van der Waals surface area contributed by atoms with Gasteiger partial charge in [-0.05, 0) is 4.92 Å². The zero-order valence-electron chi connectivity index (χ0n) is 7.63. The number of imidazole rings is 1. The summed E-state index contributed by atoms with van der Waals surface area (Å²) in [5.74, 6) is -0.165. The average molecular weight is 200 g/mol. The first-order valence-corrected chi connectivity index (χ1v) is 4.19. The van der Waals surface area contributed by atoms with Crippen molar-refractivity contribution >= 4 is 5.95 Å². The maximum Gasteiger partial charge on any atom is 0.434 e. The van der Waals surface area contributed by atoms with Gasteiger partial charge in [-0.3, -0.25) is 0 Å². The van der Waals surface area contributed by atoms with Crippen molar-refractivity contribution in [3.8, 4) is 0 Å². The van der Waals surface area contributed by atoms with E-state index in [1.54, 1.807) is 6.20 Å². The molecule has 1 heterocycles. The molecule has 0 fully saturated rings. The molecule has 0 saturated heterocycles. The van der Waals surface area contributed by atoms with Crippen LogP contribution in [0.25, 0.3) is 0 Å². The number of rotatable bonds is 6. The maximum absolute atomic E-state index is 10.4. The molecule has 7 heteroatoms. The fourth-order valence-electron chi connectivity index (χ4n) is 0.996.